The third-order valence-electron chi connectivity index (χ3n) is 4.24. The fraction of sp³-hybridized carbons (Fsp3) is 0.300. The Morgan fingerprint density at radius 2 is 1.96 bits per heavy atom. The summed E-state index contributed by atoms with van der Waals surface area (Å²) in [7, 11) is 1.84. The molecule has 0 bridgehead atoms. The summed E-state index contributed by atoms with van der Waals surface area (Å²) >= 11 is 0. The van der Waals surface area contributed by atoms with Gasteiger partial charge in [0.25, 0.3) is 0 Å². The van der Waals surface area contributed by atoms with Crippen molar-refractivity contribution >= 4 is 35.5 Å². The lowest BCUT2D eigenvalue weighted by Gasteiger charge is -2.29. The van der Waals surface area contributed by atoms with Crippen molar-refractivity contribution in [3.63, 3.8) is 0 Å². The molecule has 25 heavy (non-hydrogen) atoms. The van der Waals surface area contributed by atoms with Gasteiger partial charge in [0.15, 0.2) is 5.96 Å². The van der Waals surface area contributed by atoms with Crippen LogP contribution in [-0.2, 0) is 6.54 Å². The van der Waals surface area contributed by atoms with Gasteiger partial charge in [0.05, 0.1) is 12.2 Å². The van der Waals surface area contributed by atoms with Gasteiger partial charge < -0.3 is 10.2 Å². The minimum atomic E-state index is 0. The van der Waals surface area contributed by atoms with Gasteiger partial charge in [-0.15, -0.1) is 24.0 Å². The van der Waals surface area contributed by atoms with Crippen LogP contribution in [0.15, 0.2) is 59.6 Å². The van der Waals surface area contributed by atoms with Gasteiger partial charge >= 0.3 is 0 Å². The van der Waals surface area contributed by atoms with Gasteiger partial charge in [-0.25, -0.2) is 0 Å². The number of benzene rings is 1. The van der Waals surface area contributed by atoms with E-state index < -0.39 is 0 Å². The minimum Gasteiger partial charge on any atom is -0.351 e. The summed E-state index contributed by atoms with van der Waals surface area (Å²) in [5, 5.41) is 3.42. The van der Waals surface area contributed by atoms with Gasteiger partial charge in [-0.2, -0.15) is 0 Å². The Bertz CT molecular complexity index is 740. The van der Waals surface area contributed by atoms with Crippen LogP contribution in [0, 0.1) is 6.92 Å². The molecule has 0 saturated heterocycles. The number of aromatic nitrogens is 1. The third-order valence-corrected chi connectivity index (χ3v) is 4.24. The van der Waals surface area contributed by atoms with Crippen LogP contribution in [0.1, 0.15) is 23.4 Å². The zero-order valence-corrected chi connectivity index (χ0v) is 17.1. The number of nitrogens with zero attached hydrogens (tertiary/aromatic N) is 3. The second-order valence-corrected chi connectivity index (χ2v) is 5.96. The van der Waals surface area contributed by atoms with Crippen LogP contribution in [-0.4, -0.2) is 36.0 Å². The number of rotatable bonds is 3. The second kappa shape index (κ2) is 9.56. The Labute approximate surface area is 167 Å². The number of halogens is 1. The zero-order chi connectivity index (χ0) is 16.8. The first-order valence-corrected chi connectivity index (χ1v) is 8.39. The maximum absolute atomic E-state index is 4.53. The lowest BCUT2D eigenvalue weighted by molar-refractivity contribution is 0.439. The van der Waals surface area contributed by atoms with E-state index in [0.717, 1.165) is 36.9 Å². The van der Waals surface area contributed by atoms with Crippen molar-refractivity contribution in [1.82, 2.24) is 15.2 Å². The van der Waals surface area contributed by atoms with E-state index in [0.29, 0.717) is 6.54 Å². The number of hydrogen-bond acceptors (Lipinski definition) is 2. The van der Waals surface area contributed by atoms with Gasteiger partial charge in [-0.05, 0) is 36.6 Å². The summed E-state index contributed by atoms with van der Waals surface area (Å²) < 4.78 is 0. The standard InChI is InChI=1S/C20H24N4.HI/c1-16-7-6-10-19(23-16)15-22-20(21-2)24-13-11-18(12-14-24)17-8-4-3-5-9-17;/h3-11H,12-15H2,1-2H3,(H,21,22);1H. The highest BCUT2D eigenvalue weighted by atomic mass is 127. The predicted octanol–water partition coefficient (Wildman–Crippen LogP) is 3.87. The normalized spacial score (nSPS) is 14.6. The van der Waals surface area contributed by atoms with E-state index in [-0.39, 0.29) is 24.0 Å². The van der Waals surface area contributed by atoms with Gasteiger partial charge in [-0.1, -0.05) is 42.5 Å². The Morgan fingerprint density at radius 1 is 1.16 bits per heavy atom. The molecule has 5 heteroatoms. The minimum absolute atomic E-state index is 0. The first-order valence-electron chi connectivity index (χ1n) is 8.39. The number of aryl methyl sites for hydroxylation is 1. The van der Waals surface area contributed by atoms with E-state index in [2.05, 4.69) is 56.6 Å². The van der Waals surface area contributed by atoms with E-state index in [1.807, 2.05) is 32.2 Å². The lowest BCUT2D eigenvalue weighted by atomic mass is 10.00. The van der Waals surface area contributed by atoms with E-state index in [4.69, 9.17) is 0 Å². The fourth-order valence-electron chi connectivity index (χ4n) is 2.98. The lowest BCUT2D eigenvalue weighted by Crippen LogP contribution is -2.43. The summed E-state index contributed by atoms with van der Waals surface area (Å²) in [5.41, 5.74) is 4.82. The van der Waals surface area contributed by atoms with Crippen molar-refractivity contribution in [2.75, 3.05) is 20.1 Å². The van der Waals surface area contributed by atoms with Crippen molar-refractivity contribution in [3.05, 3.63) is 71.6 Å². The first-order chi connectivity index (χ1) is 11.8. The van der Waals surface area contributed by atoms with Crippen LogP contribution < -0.4 is 5.32 Å². The van der Waals surface area contributed by atoms with Crippen LogP contribution in [0.2, 0.25) is 0 Å². The number of aliphatic imine (C=N–C) groups is 1. The van der Waals surface area contributed by atoms with E-state index >= 15 is 0 Å². The Balaban J connectivity index is 0.00000225. The smallest absolute Gasteiger partial charge is 0.194 e. The molecule has 2 heterocycles. The van der Waals surface area contributed by atoms with Crippen molar-refractivity contribution in [2.45, 2.75) is 19.9 Å². The van der Waals surface area contributed by atoms with Crippen molar-refractivity contribution in [2.24, 2.45) is 4.99 Å². The topological polar surface area (TPSA) is 40.5 Å². The highest BCUT2D eigenvalue weighted by Crippen LogP contribution is 2.21. The molecule has 1 aromatic heterocycles. The van der Waals surface area contributed by atoms with Crippen molar-refractivity contribution in [3.8, 4) is 0 Å². The molecule has 0 spiro atoms. The maximum atomic E-state index is 4.53. The van der Waals surface area contributed by atoms with Crippen LogP contribution in [0.25, 0.3) is 5.57 Å². The molecule has 0 amide bonds. The van der Waals surface area contributed by atoms with Gasteiger partial charge in [0.2, 0.25) is 0 Å². The van der Waals surface area contributed by atoms with Gasteiger partial charge in [-0.3, -0.25) is 9.98 Å². The molecule has 0 aliphatic carbocycles. The molecule has 0 unspecified atom stereocenters. The number of hydrogen-bond donors (Lipinski definition) is 1. The average Bonchev–Trinajstić information content (AvgIpc) is 2.64. The molecular formula is C20H25IN4. The van der Waals surface area contributed by atoms with Crippen LogP contribution >= 0.6 is 24.0 Å². The molecule has 0 atom stereocenters. The highest BCUT2D eigenvalue weighted by molar-refractivity contribution is 14.0. The second-order valence-electron chi connectivity index (χ2n) is 5.96. The molecule has 4 nitrogen and oxygen atoms in total. The third kappa shape index (κ3) is 5.29. The monoisotopic (exact) mass is 448 g/mol. The predicted molar refractivity (Wildman–Crippen MR) is 115 cm³/mol. The molecule has 1 aliphatic heterocycles. The van der Waals surface area contributed by atoms with E-state index in [1.54, 1.807) is 0 Å². The SMILES string of the molecule is CN=C(NCc1cccc(C)n1)N1CC=C(c2ccccc2)CC1.I. The quantitative estimate of drug-likeness (QED) is 0.441. The number of nitrogens with one attached hydrogen (secondary N) is 1. The maximum Gasteiger partial charge on any atom is 0.194 e. The molecule has 0 saturated carbocycles. The molecule has 1 aromatic carbocycles. The van der Waals surface area contributed by atoms with E-state index in [1.165, 1.54) is 11.1 Å². The summed E-state index contributed by atoms with van der Waals surface area (Å²) in [6, 6.07) is 16.7. The highest BCUT2D eigenvalue weighted by Gasteiger charge is 2.16. The van der Waals surface area contributed by atoms with Crippen molar-refractivity contribution in [1.29, 1.82) is 0 Å². The van der Waals surface area contributed by atoms with Gasteiger partial charge in [0, 0.05) is 25.8 Å². The average molecular weight is 448 g/mol. The molecule has 1 N–H and O–H groups in total. The summed E-state index contributed by atoms with van der Waals surface area (Å²) in [5.74, 6) is 0.932. The Kier molecular flexibility index (Phi) is 7.43. The van der Waals surface area contributed by atoms with Crippen LogP contribution in [0.3, 0.4) is 0 Å². The van der Waals surface area contributed by atoms with E-state index in [9.17, 15) is 0 Å². The summed E-state index contributed by atoms with van der Waals surface area (Å²) in [6.45, 7) is 4.56. The largest absolute Gasteiger partial charge is 0.351 e. The van der Waals surface area contributed by atoms with Crippen molar-refractivity contribution < 1.29 is 0 Å². The summed E-state index contributed by atoms with van der Waals surface area (Å²) in [4.78, 5) is 11.2. The molecular weight excluding hydrogens is 423 g/mol. The Morgan fingerprint density at radius 3 is 2.60 bits per heavy atom. The molecule has 2 aromatic rings. The Hall–Kier alpha value is -1.89. The summed E-state index contributed by atoms with van der Waals surface area (Å²) in [6.07, 6.45) is 3.34. The van der Waals surface area contributed by atoms with Gasteiger partial charge in [0.1, 0.15) is 0 Å². The first kappa shape index (κ1) is 19.4. The number of pyridine rings is 1. The molecule has 0 radical (unpaired) electrons. The fourth-order valence-corrected chi connectivity index (χ4v) is 2.98. The molecule has 132 valence electrons. The zero-order valence-electron chi connectivity index (χ0n) is 14.8. The molecule has 1 aliphatic rings. The van der Waals surface area contributed by atoms with Crippen LogP contribution in [0.4, 0.5) is 0 Å². The molecule has 3 rings (SSSR count). The van der Waals surface area contributed by atoms with Crippen LogP contribution in [0.5, 0.6) is 0 Å². The number of guanidine groups is 1. The molecule has 0 fully saturated rings.